The van der Waals surface area contributed by atoms with Gasteiger partial charge in [0.2, 0.25) is 0 Å². The number of nitrogens with one attached hydrogen (secondary N) is 1. The Morgan fingerprint density at radius 1 is 1.37 bits per heavy atom. The van der Waals surface area contributed by atoms with Gasteiger partial charge in [0.15, 0.2) is 5.79 Å². The van der Waals surface area contributed by atoms with Gasteiger partial charge in [-0.1, -0.05) is 0 Å². The van der Waals surface area contributed by atoms with E-state index in [0.717, 1.165) is 45.4 Å². The third kappa shape index (κ3) is 3.16. The Bertz CT molecular complexity index is 377. The van der Waals surface area contributed by atoms with Crippen molar-refractivity contribution in [3.63, 3.8) is 0 Å². The topological polar surface area (TPSA) is 48.3 Å². The summed E-state index contributed by atoms with van der Waals surface area (Å²) in [5.41, 5.74) is 0. The zero-order valence-corrected chi connectivity index (χ0v) is 11.5. The van der Waals surface area contributed by atoms with Gasteiger partial charge in [0.05, 0.1) is 19.5 Å². The molecule has 1 unspecified atom stereocenters. The van der Waals surface area contributed by atoms with Crippen LogP contribution in [0.5, 0.6) is 0 Å². The van der Waals surface area contributed by atoms with Gasteiger partial charge in [-0.25, -0.2) is 4.98 Å². The van der Waals surface area contributed by atoms with Crippen molar-refractivity contribution >= 4 is 0 Å². The van der Waals surface area contributed by atoms with E-state index in [0.29, 0.717) is 12.1 Å². The summed E-state index contributed by atoms with van der Waals surface area (Å²) in [5.74, 6) is -0.244. The van der Waals surface area contributed by atoms with Crippen molar-refractivity contribution in [3.8, 4) is 0 Å². The number of rotatable bonds is 4. The van der Waals surface area contributed by atoms with Gasteiger partial charge in [-0.15, -0.1) is 0 Å². The van der Waals surface area contributed by atoms with Crippen molar-refractivity contribution in [3.05, 3.63) is 18.7 Å². The molecule has 1 spiro atoms. The second-order valence-corrected chi connectivity index (χ2v) is 5.71. The lowest BCUT2D eigenvalue weighted by atomic mass is 9.89. The molecule has 2 fully saturated rings. The van der Waals surface area contributed by atoms with Gasteiger partial charge in [-0.3, -0.25) is 0 Å². The Kier molecular flexibility index (Phi) is 3.86. The van der Waals surface area contributed by atoms with E-state index in [1.807, 2.05) is 18.7 Å². The van der Waals surface area contributed by atoms with Gasteiger partial charge < -0.3 is 19.4 Å². The number of hydrogen-bond acceptors (Lipinski definition) is 4. The first-order chi connectivity index (χ1) is 9.26. The first kappa shape index (κ1) is 13.1. The molecule has 2 heterocycles. The molecule has 1 saturated carbocycles. The molecule has 106 valence electrons. The molecule has 1 aromatic rings. The zero-order valence-electron chi connectivity index (χ0n) is 11.5. The lowest BCUT2D eigenvalue weighted by Gasteiger charge is -2.36. The summed E-state index contributed by atoms with van der Waals surface area (Å²) in [6, 6.07) is 1.04. The second-order valence-electron chi connectivity index (χ2n) is 5.71. The third-order valence-electron chi connectivity index (χ3n) is 4.13. The molecule has 2 aliphatic rings. The second kappa shape index (κ2) is 5.61. The Balaban J connectivity index is 1.44. The molecular formula is C14H23N3O2. The van der Waals surface area contributed by atoms with Crippen LogP contribution in [0.1, 0.15) is 32.6 Å². The van der Waals surface area contributed by atoms with Crippen LogP contribution in [0.3, 0.4) is 0 Å². The predicted octanol–water partition coefficient (Wildman–Crippen LogP) is 1.55. The molecule has 5 heteroatoms. The molecule has 1 aliphatic carbocycles. The van der Waals surface area contributed by atoms with Gasteiger partial charge >= 0.3 is 0 Å². The molecule has 0 amide bonds. The summed E-state index contributed by atoms with van der Waals surface area (Å²) in [7, 11) is 0. The van der Waals surface area contributed by atoms with E-state index >= 15 is 0 Å². The molecule has 1 saturated heterocycles. The van der Waals surface area contributed by atoms with E-state index in [1.165, 1.54) is 0 Å². The van der Waals surface area contributed by atoms with Gasteiger partial charge in [0, 0.05) is 43.9 Å². The van der Waals surface area contributed by atoms with Crippen LogP contribution in [-0.2, 0) is 16.0 Å². The van der Waals surface area contributed by atoms with Crippen molar-refractivity contribution < 1.29 is 9.47 Å². The van der Waals surface area contributed by atoms with Gasteiger partial charge in [0.25, 0.3) is 0 Å². The highest BCUT2D eigenvalue weighted by atomic mass is 16.7. The van der Waals surface area contributed by atoms with E-state index < -0.39 is 0 Å². The predicted molar refractivity (Wildman–Crippen MR) is 71.7 cm³/mol. The van der Waals surface area contributed by atoms with Gasteiger partial charge in [-0.05, 0) is 19.8 Å². The Morgan fingerprint density at radius 3 is 2.74 bits per heavy atom. The average molecular weight is 265 g/mol. The van der Waals surface area contributed by atoms with Crippen molar-refractivity contribution in [2.75, 3.05) is 13.2 Å². The summed E-state index contributed by atoms with van der Waals surface area (Å²) < 4.78 is 13.6. The Hall–Kier alpha value is -0.910. The number of nitrogens with zero attached hydrogens (tertiary/aromatic N) is 2. The van der Waals surface area contributed by atoms with E-state index in [-0.39, 0.29) is 5.79 Å². The van der Waals surface area contributed by atoms with Crippen LogP contribution in [0.2, 0.25) is 0 Å². The molecule has 1 aromatic heterocycles. The molecular weight excluding hydrogens is 242 g/mol. The Morgan fingerprint density at radius 2 is 2.11 bits per heavy atom. The number of ether oxygens (including phenoxy) is 2. The van der Waals surface area contributed by atoms with Crippen LogP contribution >= 0.6 is 0 Å². The molecule has 0 aromatic carbocycles. The van der Waals surface area contributed by atoms with Crippen molar-refractivity contribution in [1.82, 2.24) is 14.9 Å². The van der Waals surface area contributed by atoms with Crippen LogP contribution in [0.15, 0.2) is 18.7 Å². The summed E-state index contributed by atoms with van der Waals surface area (Å²) in [6.07, 6.45) is 10.0. The maximum atomic E-state index is 5.76. The van der Waals surface area contributed by atoms with E-state index in [9.17, 15) is 0 Å². The molecule has 1 atom stereocenters. The summed E-state index contributed by atoms with van der Waals surface area (Å²) >= 11 is 0. The number of imidazole rings is 1. The first-order valence-corrected chi connectivity index (χ1v) is 7.25. The normalized spacial score (nSPS) is 24.9. The third-order valence-corrected chi connectivity index (χ3v) is 4.13. The SMILES string of the molecule is CC(Cn1ccnc1)NC1CCC2(CC1)OCCO2. The molecule has 0 bridgehead atoms. The van der Waals surface area contributed by atoms with Crippen LogP contribution < -0.4 is 5.32 Å². The van der Waals surface area contributed by atoms with E-state index in [1.54, 1.807) is 0 Å². The van der Waals surface area contributed by atoms with Gasteiger partial charge in [-0.2, -0.15) is 0 Å². The number of hydrogen-bond donors (Lipinski definition) is 1. The quantitative estimate of drug-likeness (QED) is 0.897. The fraction of sp³-hybridized carbons (Fsp3) is 0.786. The Labute approximate surface area is 114 Å². The minimum Gasteiger partial charge on any atom is -0.348 e. The molecule has 19 heavy (non-hydrogen) atoms. The average Bonchev–Trinajstić information content (AvgIpc) is 3.05. The molecule has 1 aliphatic heterocycles. The lowest BCUT2D eigenvalue weighted by molar-refractivity contribution is -0.179. The molecule has 3 rings (SSSR count). The molecule has 5 nitrogen and oxygen atoms in total. The highest BCUT2D eigenvalue weighted by molar-refractivity contribution is 4.87. The van der Waals surface area contributed by atoms with Crippen molar-refractivity contribution in [2.45, 2.75) is 57.0 Å². The smallest absolute Gasteiger partial charge is 0.168 e. The minimum absolute atomic E-state index is 0.244. The molecule has 1 N–H and O–H groups in total. The first-order valence-electron chi connectivity index (χ1n) is 7.25. The fourth-order valence-corrected chi connectivity index (χ4v) is 3.18. The molecule has 0 radical (unpaired) electrons. The van der Waals surface area contributed by atoms with E-state index in [4.69, 9.17) is 9.47 Å². The summed E-state index contributed by atoms with van der Waals surface area (Å²) in [5, 5.41) is 3.70. The van der Waals surface area contributed by atoms with E-state index in [2.05, 4.69) is 21.8 Å². The largest absolute Gasteiger partial charge is 0.348 e. The van der Waals surface area contributed by atoms with Crippen LogP contribution in [0.4, 0.5) is 0 Å². The highest BCUT2D eigenvalue weighted by Gasteiger charge is 2.40. The van der Waals surface area contributed by atoms with Crippen LogP contribution in [0.25, 0.3) is 0 Å². The van der Waals surface area contributed by atoms with Crippen molar-refractivity contribution in [1.29, 1.82) is 0 Å². The van der Waals surface area contributed by atoms with Crippen LogP contribution in [-0.4, -0.2) is 40.6 Å². The zero-order chi connectivity index (χ0) is 13.1. The summed E-state index contributed by atoms with van der Waals surface area (Å²) in [4.78, 5) is 4.07. The maximum absolute atomic E-state index is 5.76. The van der Waals surface area contributed by atoms with Gasteiger partial charge in [0.1, 0.15) is 0 Å². The highest BCUT2D eigenvalue weighted by Crippen LogP contribution is 2.35. The maximum Gasteiger partial charge on any atom is 0.168 e. The fourth-order valence-electron chi connectivity index (χ4n) is 3.18. The van der Waals surface area contributed by atoms with Crippen molar-refractivity contribution in [2.24, 2.45) is 0 Å². The summed E-state index contributed by atoms with van der Waals surface area (Å²) in [6.45, 7) is 4.71. The lowest BCUT2D eigenvalue weighted by Crippen LogP contribution is -2.45. The van der Waals surface area contributed by atoms with Crippen LogP contribution in [0, 0.1) is 0 Å². The standard InChI is InChI=1S/C14H23N3O2/c1-12(10-17-7-6-15-11-17)16-13-2-4-14(5-3-13)18-8-9-19-14/h6-7,11-13,16H,2-5,8-10H2,1H3. The number of aromatic nitrogens is 2. The monoisotopic (exact) mass is 265 g/mol. The minimum atomic E-state index is -0.244.